The van der Waals surface area contributed by atoms with Crippen molar-refractivity contribution in [3.63, 3.8) is 0 Å². The van der Waals surface area contributed by atoms with Crippen molar-refractivity contribution in [2.45, 2.75) is 149 Å². The fraction of sp³-hybridized carbons (Fsp3) is 0.744. The Balaban J connectivity index is 2.31. The van der Waals surface area contributed by atoms with E-state index in [1.54, 1.807) is 58.7 Å². The highest BCUT2D eigenvalue weighted by atomic mass is 16.6. The molecule has 0 saturated carbocycles. The van der Waals surface area contributed by atoms with Crippen molar-refractivity contribution >= 4 is 29.6 Å². The number of esters is 1. The van der Waals surface area contributed by atoms with E-state index in [1.165, 1.54) is 7.11 Å². The van der Waals surface area contributed by atoms with Gasteiger partial charge in [0, 0.05) is 34.2 Å². The van der Waals surface area contributed by atoms with Gasteiger partial charge in [0.1, 0.15) is 17.7 Å². The molecule has 318 valence electrons. The maximum absolute atomic E-state index is 14.3. The Morgan fingerprint density at radius 2 is 1.50 bits per heavy atom. The van der Waals surface area contributed by atoms with Crippen molar-refractivity contribution in [1.29, 1.82) is 0 Å². The first-order valence-corrected chi connectivity index (χ1v) is 20.4. The van der Waals surface area contributed by atoms with Crippen molar-refractivity contribution in [3.8, 4) is 0 Å². The third-order valence-electron chi connectivity index (χ3n) is 11.0. The predicted molar refractivity (Wildman–Crippen MR) is 218 cm³/mol. The van der Waals surface area contributed by atoms with Crippen molar-refractivity contribution in [1.82, 2.24) is 25.8 Å². The molecular weight excluding hydrogens is 714 g/mol. The third kappa shape index (κ3) is 13.5. The van der Waals surface area contributed by atoms with Gasteiger partial charge in [-0.15, -0.1) is 0 Å². The second-order valence-electron chi connectivity index (χ2n) is 17.1. The Morgan fingerprint density at radius 1 is 0.893 bits per heavy atom. The largest absolute Gasteiger partial charge is 0.458 e. The molecule has 13 heteroatoms. The minimum absolute atomic E-state index is 0.00230. The van der Waals surface area contributed by atoms with Crippen molar-refractivity contribution < 1.29 is 38.2 Å². The maximum Gasteiger partial charge on any atom is 0.329 e. The maximum atomic E-state index is 14.3. The zero-order valence-corrected chi connectivity index (χ0v) is 36.6. The number of likely N-dealkylation sites (N-methyl/N-ethyl adjacent to an activating group) is 2. The van der Waals surface area contributed by atoms with Gasteiger partial charge in [0.05, 0.1) is 42.7 Å². The highest BCUT2D eigenvalue weighted by Gasteiger charge is 2.43. The summed E-state index contributed by atoms with van der Waals surface area (Å²) < 4.78 is 17.7. The number of carbonyl (C=O) groups is 5. The molecule has 1 aliphatic rings. The van der Waals surface area contributed by atoms with Crippen LogP contribution in [0.4, 0.5) is 0 Å². The minimum atomic E-state index is -0.923. The highest BCUT2D eigenvalue weighted by Crippen LogP contribution is 2.30. The molecule has 1 aromatic carbocycles. The van der Waals surface area contributed by atoms with Gasteiger partial charge in [-0.2, -0.15) is 0 Å². The first kappa shape index (κ1) is 48.6. The molecule has 0 bridgehead atoms. The average molecular weight is 788 g/mol. The summed E-state index contributed by atoms with van der Waals surface area (Å²) in [6.45, 7) is 19.3. The van der Waals surface area contributed by atoms with Crippen molar-refractivity contribution in [3.05, 3.63) is 35.9 Å². The summed E-state index contributed by atoms with van der Waals surface area (Å²) in [5.74, 6) is -2.48. The van der Waals surface area contributed by atoms with E-state index in [9.17, 15) is 24.0 Å². The van der Waals surface area contributed by atoms with E-state index in [0.717, 1.165) is 18.4 Å². The summed E-state index contributed by atoms with van der Waals surface area (Å²) in [5, 5.41) is 8.96. The number of benzene rings is 1. The molecule has 0 spiro atoms. The molecule has 0 radical (unpaired) electrons. The second kappa shape index (κ2) is 22.4. The van der Waals surface area contributed by atoms with Crippen LogP contribution in [0.1, 0.15) is 100 Å². The molecule has 1 saturated heterocycles. The normalized spacial score (nSPS) is 19.0. The van der Waals surface area contributed by atoms with Crippen LogP contribution in [0.2, 0.25) is 0 Å². The highest BCUT2D eigenvalue weighted by molar-refractivity contribution is 5.90. The number of nitrogens with one attached hydrogen (secondary N) is 3. The summed E-state index contributed by atoms with van der Waals surface area (Å²) >= 11 is 0. The van der Waals surface area contributed by atoms with Gasteiger partial charge >= 0.3 is 5.97 Å². The van der Waals surface area contributed by atoms with Gasteiger partial charge in [0.25, 0.3) is 0 Å². The average Bonchev–Trinajstić information content (AvgIpc) is 3.62. The molecule has 1 heterocycles. The van der Waals surface area contributed by atoms with Crippen LogP contribution in [0.15, 0.2) is 30.3 Å². The second-order valence-corrected chi connectivity index (χ2v) is 17.1. The van der Waals surface area contributed by atoms with E-state index >= 15 is 0 Å². The number of rotatable bonds is 21. The topological polar surface area (TPSA) is 156 Å². The zero-order valence-electron chi connectivity index (χ0n) is 36.6. The molecule has 1 fully saturated rings. The third-order valence-corrected chi connectivity index (χ3v) is 11.0. The number of methoxy groups -OCH3 is 2. The van der Waals surface area contributed by atoms with Gasteiger partial charge in [-0.3, -0.25) is 19.2 Å². The monoisotopic (exact) mass is 788 g/mol. The van der Waals surface area contributed by atoms with Gasteiger partial charge in [-0.25, -0.2) is 4.79 Å². The van der Waals surface area contributed by atoms with E-state index in [2.05, 4.69) is 16.0 Å². The van der Waals surface area contributed by atoms with E-state index in [1.807, 2.05) is 71.9 Å². The van der Waals surface area contributed by atoms with E-state index in [4.69, 9.17) is 14.2 Å². The van der Waals surface area contributed by atoms with Crippen LogP contribution in [0.3, 0.4) is 0 Å². The zero-order chi connectivity index (χ0) is 42.5. The van der Waals surface area contributed by atoms with Crippen LogP contribution in [-0.2, 0) is 44.6 Å². The molecule has 56 heavy (non-hydrogen) atoms. The Morgan fingerprint density at radius 3 is 2.00 bits per heavy atom. The molecule has 0 aliphatic carbocycles. The molecule has 1 aromatic rings. The SMILES string of the molecule is CCC(C)C(C(CC(=O)N1CCCC1C(OC)C(C)C(=O)NC(Cc1ccccc1)C(=O)OC(C)(C)C)OC)N(C)C(=O)[C@@H](NC(=O)C(NC)C(C)C)C(C)C. The molecule has 3 N–H and O–H groups in total. The van der Waals surface area contributed by atoms with Gasteiger partial charge in [-0.05, 0) is 64.0 Å². The standard InChI is InChI=1S/C43H73N5O8/c1-15-28(6)37(47(12)41(52)36(27(4)5)46-40(51)35(44-11)26(2)3)33(54-13)25-34(49)48-23-19-22-32(48)38(55-14)29(7)39(50)45-31(42(53)56-43(8,9)10)24-30-20-17-16-18-21-30/h16-18,20-21,26-29,31-33,35-38,44H,15,19,22-25H2,1-14H3,(H,45,50)(H,46,51)/t28?,29?,31?,32?,33?,35?,36-,37?,38?/m0/s1. The molecule has 1 aliphatic heterocycles. The lowest BCUT2D eigenvalue weighted by atomic mass is 9.89. The molecule has 0 aromatic heterocycles. The van der Waals surface area contributed by atoms with Crippen LogP contribution in [-0.4, -0.2) is 122 Å². The van der Waals surface area contributed by atoms with Crippen LogP contribution in [0, 0.1) is 23.7 Å². The van der Waals surface area contributed by atoms with Crippen LogP contribution < -0.4 is 16.0 Å². The molecule has 8 unspecified atom stereocenters. The summed E-state index contributed by atoms with van der Waals surface area (Å²) in [4.78, 5) is 72.3. The van der Waals surface area contributed by atoms with Crippen molar-refractivity contribution in [2.24, 2.45) is 23.7 Å². The van der Waals surface area contributed by atoms with E-state index in [0.29, 0.717) is 13.0 Å². The van der Waals surface area contributed by atoms with Gasteiger partial charge in [-0.1, -0.05) is 85.2 Å². The lowest BCUT2D eigenvalue weighted by molar-refractivity contribution is -0.159. The molecular formula is C43H73N5O8. The fourth-order valence-corrected chi connectivity index (χ4v) is 7.77. The predicted octanol–water partition coefficient (Wildman–Crippen LogP) is 4.36. The Kier molecular flexibility index (Phi) is 19.4. The number of ether oxygens (including phenoxy) is 3. The fourth-order valence-electron chi connectivity index (χ4n) is 7.77. The first-order valence-electron chi connectivity index (χ1n) is 20.4. The van der Waals surface area contributed by atoms with Gasteiger partial charge < -0.3 is 40.0 Å². The number of amides is 4. The van der Waals surface area contributed by atoms with Crippen LogP contribution in [0.5, 0.6) is 0 Å². The molecule has 2 rings (SSSR count). The quantitative estimate of drug-likeness (QED) is 0.154. The number of carbonyl (C=O) groups excluding carboxylic acids is 5. The molecule has 9 atom stereocenters. The Bertz CT molecular complexity index is 1420. The molecule has 13 nitrogen and oxygen atoms in total. The summed E-state index contributed by atoms with van der Waals surface area (Å²) in [5.41, 5.74) is 0.134. The summed E-state index contributed by atoms with van der Waals surface area (Å²) in [6, 6.07) is 6.42. The van der Waals surface area contributed by atoms with Crippen molar-refractivity contribution in [2.75, 3.05) is 34.9 Å². The van der Waals surface area contributed by atoms with E-state index in [-0.39, 0.29) is 54.2 Å². The smallest absolute Gasteiger partial charge is 0.329 e. The number of nitrogens with zero attached hydrogens (tertiary/aromatic N) is 2. The Hall–Kier alpha value is -3.55. The lowest BCUT2D eigenvalue weighted by Crippen LogP contribution is -2.59. The summed E-state index contributed by atoms with van der Waals surface area (Å²) in [7, 11) is 6.53. The first-order chi connectivity index (χ1) is 26.2. The summed E-state index contributed by atoms with van der Waals surface area (Å²) in [6.07, 6.45) is 1.04. The van der Waals surface area contributed by atoms with Crippen LogP contribution >= 0.6 is 0 Å². The lowest BCUT2D eigenvalue weighted by Gasteiger charge is -2.41. The number of likely N-dealkylation sites (tertiary alicyclic amines) is 1. The number of hydrogen-bond donors (Lipinski definition) is 3. The Labute approximate surface area is 336 Å². The molecule has 4 amide bonds. The minimum Gasteiger partial charge on any atom is -0.458 e. The van der Waals surface area contributed by atoms with Crippen LogP contribution in [0.25, 0.3) is 0 Å². The number of hydrogen-bond acceptors (Lipinski definition) is 9. The van der Waals surface area contributed by atoms with Gasteiger partial charge in [0.15, 0.2) is 0 Å². The van der Waals surface area contributed by atoms with Gasteiger partial charge in [0.2, 0.25) is 23.6 Å². The van der Waals surface area contributed by atoms with E-state index < -0.39 is 59.9 Å².